The van der Waals surface area contributed by atoms with E-state index >= 15 is 0 Å². The molecule has 4 heteroatoms. The van der Waals surface area contributed by atoms with Crippen LogP contribution in [0.5, 0.6) is 0 Å². The first-order valence-electron chi connectivity index (χ1n) is 11.0. The average molecular weight is 379 g/mol. The van der Waals surface area contributed by atoms with Crippen molar-refractivity contribution in [2.45, 2.75) is 52.0 Å². The van der Waals surface area contributed by atoms with E-state index in [0.29, 0.717) is 11.3 Å². The summed E-state index contributed by atoms with van der Waals surface area (Å²) in [7, 11) is 0. The van der Waals surface area contributed by atoms with E-state index in [1.165, 1.54) is 56.7 Å². The van der Waals surface area contributed by atoms with Crippen molar-refractivity contribution in [1.29, 1.82) is 0 Å². The first kappa shape index (κ1) is 19.5. The molecule has 28 heavy (non-hydrogen) atoms. The van der Waals surface area contributed by atoms with Gasteiger partial charge in [-0.15, -0.1) is 0 Å². The monoisotopic (exact) mass is 378 g/mol. The van der Waals surface area contributed by atoms with Crippen LogP contribution in [0.3, 0.4) is 0 Å². The zero-order chi connectivity index (χ0) is 19.4. The van der Waals surface area contributed by atoms with Crippen LogP contribution in [0.4, 0.5) is 0 Å². The van der Waals surface area contributed by atoms with E-state index in [2.05, 4.69) is 65.0 Å². The van der Waals surface area contributed by atoms with Crippen LogP contribution >= 0.6 is 0 Å². The molecule has 4 rings (SSSR count). The van der Waals surface area contributed by atoms with Crippen molar-refractivity contribution in [2.75, 3.05) is 32.7 Å². The lowest BCUT2D eigenvalue weighted by molar-refractivity contribution is 0.0134. The minimum atomic E-state index is 0.478. The third kappa shape index (κ3) is 4.44. The second-order valence-electron chi connectivity index (χ2n) is 8.73. The van der Waals surface area contributed by atoms with Gasteiger partial charge in [0.1, 0.15) is 5.82 Å². The van der Waals surface area contributed by atoms with E-state index in [0.717, 1.165) is 25.3 Å². The van der Waals surface area contributed by atoms with Crippen molar-refractivity contribution < 1.29 is 0 Å². The standard InChI is InChI=1S/C24H34N4/c1-3-23-25-13-10-22(26-23)18-28-14-11-24(12-15-28)16-21(17-27(4-2)19-24)20-8-6-5-7-9-20/h5-10,13,21H,3-4,11-12,14-19H2,1-2H3/t21-/m0/s1. The zero-order valence-corrected chi connectivity index (χ0v) is 17.5. The van der Waals surface area contributed by atoms with Crippen LogP contribution in [0.15, 0.2) is 42.6 Å². The molecule has 1 spiro atoms. The summed E-state index contributed by atoms with van der Waals surface area (Å²) in [4.78, 5) is 14.3. The molecule has 0 saturated carbocycles. The summed E-state index contributed by atoms with van der Waals surface area (Å²) in [6, 6.07) is 13.3. The Morgan fingerprint density at radius 2 is 1.82 bits per heavy atom. The third-order valence-corrected chi connectivity index (χ3v) is 6.82. The van der Waals surface area contributed by atoms with E-state index < -0.39 is 0 Å². The van der Waals surface area contributed by atoms with Crippen LogP contribution in [0.1, 0.15) is 56.1 Å². The van der Waals surface area contributed by atoms with Gasteiger partial charge in [-0.1, -0.05) is 44.2 Å². The predicted molar refractivity (Wildman–Crippen MR) is 114 cm³/mol. The Morgan fingerprint density at radius 3 is 2.54 bits per heavy atom. The Bertz CT molecular complexity index is 752. The topological polar surface area (TPSA) is 32.3 Å². The van der Waals surface area contributed by atoms with Gasteiger partial charge >= 0.3 is 0 Å². The van der Waals surface area contributed by atoms with Gasteiger partial charge in [-0.05, 0) is 61.9 Å². The molecule has 0 amide bonds. The van der Waals surface area contributed by atoms with Crippen LogP contribution in [0, 0.1) is 5.41 Å². The molecule has 4 nitrogen and oxygen atoms in total. The number of hydrogen-bond donors (Lipinski definition) is 0. The number of piperidine rings is 2. The largest absolute Gasteiger partial charge is 0.302 e. The normalized spacial score (nSPS) is 23.1. The molecule has 0 N–H and O–H groups in total. The summed E-state index contributed by atoms with van der Waals surface area (Å²) >= 11 is 0. The molecule has 2 saturated heterocycles. The fourth-order valence-electron chi connectivity index (χ4n) is 5.17. The predicted octanol–water partition coefficient (Wildman–Crippen LogP) is 4.13. The molecule has 1 aromatic heterocycles. The summed E-state index contributed by atoms with van der Waals surface area (Å²) < 4.78 is 0. The first-order valence-corrected chi connectivity index (χ1v) is 11.0. The summed E-state index contributed by atoms with van der Waals surface area (Å²) in [5.74, 6) is 1.64. The lowest BCUT2D eigenvalue weighted by Crippen LogP contribution is -2.51. The molecule has 0 aliphatic carbocycles. The Morgan fingerprint density at radius 1 is 1.04 bits per heavy atom. The maximum absolute atomic E-state index is 4.71. The molecule has 2 fully saturated rings. The average Bonchev–Trinajstić information content (AvgIpc) is 2.76. The summed E-state index contributed by atoms with van der Waals surface area (Å²) in [5.41, 5.74) is 3.17. The molecule has 0 radical (unpaired) electrons. The quantitative estimate of drug-likeness (QED) is 0.783. The Hall–Kier alpha value is -1.78. The molecule has 1 atom stereocenters. The molecule has 2 aliphatic heterocycles. The number of aryl methyl sites for hydroxylation is 1. The van der Waals surface area contributed by atoms with E-state index in [-0.39, 0.29) is 0 Å². The molecular weight excluding hydrogens is 344 g/mol. The van der Waals surface area contributed by atoms with Gasteiger partial charge < -0.3 is 4.90 Å². The molecule has 2 aliphatic rings. The van der Waals surface area contributed by atoms with Crippen molar-refractivity contribution in [2.24, 2.45) is 5.41 Å². The van der Waals surface area contributed by atoms with Crippen molar-refractivity contribution >= 4 is 0 Å². The van der Waals surface area contributed by atoms with Crippen molar-refractivity contribution in [1.82, 2.24) is 19.8 Å². The molecule has 2 aromatic rings. The molecule has 3 heterocycles. The molecular formula is C24H34N4. The lowest BCUT2D eigenvalue weighted by Gasteiger charge is -2.50. The van der Waals surface area contributed by atoms with Gasteiger partial charge in [0.05, 0.1) is 5.69 Å². The first-order chi connectivity index (χ1) is 13.7. The number of rotatable bonds is 5. The Balaban J connectivity index is 1.41. The van der Waals surface area contributed by atoms with Crippen LogP contribution < -0.4 is 0 Å². The minimum Gasteiger partial charge on any atom is -0.302 e. The van der Waals surface area contributed by atoms with Crippen molar-refractivity contribution in [3.8, 4) is 0 Å². The highest BCUT2D eigenvalue weighted by Crippen LogP contribution is 2.45. The number of hydrogen-bond acceptors (Lipinski definition) is 4. The fourth-order valence-corrected chi connectivity index (χ4v) is 5.17. The highest BCUT2D eigenvalue weighted by molar-refractivity contribution is 5.21. The number of benzene rings is 1. The smallest absolute Gasteiger partial charge is 0.128 e. The van der Waals surface area contributed by atoms with Crippen LogP contribution in [0.25, 0.3) is 0 Å². The molecule has 0 bridgehead atoms. The van der Waals surface area contributed by atoms with Crippen LogP contribution in [0.2, 0.25) is 0 Å². The van der Waals surface area contributed by atoms with E-state index in [1.807, 2.05) is 6.20 Å². The van der Waals surface area contributed by atoms with Gasteiger partial charge in [-0.2, -0.15) is 0 Å². The second-order valence-corrected chi connectivity index (χ2v) is 8.73. The van der Waals surface area contributed by atoms with Gasteiger partial charge in [0.2, 0.25) is 0 Å². The number of likely N-dealkylation sites (tertiary alicyclic amines) is 2. The number of likely N-dealkylation sites (N-methyl/N-ethyl adjacent to an activating group) is 1. The van der Waals surface area contributed by atoms with Gasteiger partial charge in [-0.3, -0.25) is 4.90 Å². The second kappa shape index (κ2) is 8.71. The maximum atomic E-state index is 4.71. The molecule has 1 aromatic carbocycles. The summed E-state index contributed by atoms with van der Waals surface area (Å²) in [6.07, 6.45) is 6.77. The lowest BCUT2D eigenvalue weighted by atomic mass is 9.68. The van der Waals surface area contributed by atoms with E-state index in [1.54, 1.807) is 0 Å². The third-order valence-electron chi connectivity index (χ3n) is 6.82. The van der Waals surface area contributed by atoms with Crippen molar-refractivity contribution in [3.05, 3.63) is 59.7 Å². The fraction of sp³-hybridized carbons (Fsp3) is 0.583. The SMILES string of the molecule is CCc1nccc(CN2CCC3(CC2)C[C@H](c2ccccc2)CN(CC)C3)n1. The van der Waals surface area contributed by atoms with Gasteiger partial charge in [-0.25, -0.2) is 9.97 Å². The maximum Gasteiger partial charge on any atom is 0.128 e. The summed E-state index contributed by atoms with van der Waals surface area (Å²) in [6.45, 7) is 11.4. The zero-order valence-electron chi connectivity index (χ0n) is 17.5. The van der Waals surface area contributed by atoms with Crippen LogP contribution in [-0.2, 0) is 13.0 Å². The van der Waals surface area contributed by atoms with Gasteiger partial charge in [0, 0.05) is 32.3 Å². The van der Waals surface area contributed by atoms with E-state index in [9.17, 15) is 0 Å². The molecule has 0 unspecified atom stereocenters. The minimum absolute atomic E-state index is 0.478. The van der Waals surface area contributed by atoms with E-state index in [4.69, 9.17) is 4.98 Å². The summed E-state index contributed by atoms with van der Waals surface area (Å²) in [5, 5.41) is 0. The van der Waals surface area contributed by atoms with Gasteiger partial charge in [0.15, 0.2) is 0 Å². The van der Waals surface area contributed by atoms with Crippen molar-refractivity contribution in [3.63, 3.8) is 0 Å². The molecule has 150 valence electrons. The Labute approximate surface area is 170 Å². The highest BCUT2D eigenvalue weighted by Gasteiger charge is 2.41. The highest BCUT2D eigenvalue weighted by atomic mass is 15.2. The van der Waals surface area contributed by atoms with Gasteiger partial charge in [0.25, 0.3) is 0 Å². The van der Waals surface area contributed by atoms with Crippen LogP contribution in [-0.4, -0.2) is 52.5 Å². The number of nitrogens with zero attached hydrogens (tertiary/aromatic N) is 4. The number of aromatic nitrogens is 2. The Kier molecular flexibility index (Phi) is 6.07.